The van der Waals surface area contributed by atoms with Crippen molar-refractivity contribution in [2.24, 2.45) is 5.73 Å². The van der Waals surface area contributed by atoms with Crippen LogP contribution in [-0.4, -0.2) is 34.7 Å². The number of hydrogen-bond acceptors (Lipinski definition) is 5. The third-order valence-electron chi connectivity index (χ3n) is 3.22. The standard InChI is InChI=1S/C12H17BrN2O4S/c1-18-10-5-9(13)12(6-11(10)19-2)20(16,17)15-8-3-7(14)4-8/h5-8,15H,3-4,14H2,1-2H3. The Morgan fingerprint density at radius 2 is 1.80 bits per heavy atom. The summed E-state index contributed by atoms with van der Waals surface area (Å²) >= 11 is 3.25. The van der Waals surface area contributed by atoms with E-state index in [1.54, 1.807) is 6.07 Å². The molecule has 8 heteroatoms. The predicted octanol–water partition coefficient (Wildman–Crippen LogP) is 1.23. The van der Waals surface area contributed by atoms with E-state index in [1.807, 2.05) is 0 Å². The Morgan fingerprint density at radius 1 is 1.25 bits per heavy atom. The van der Waals surface area contributed by atoms with Gasteiger partial charge in [-0.3, -0.25) is 0 Å². The van der Waals surface area contributed by atoms with Crippen LogP contribution >= 0.6 is 15.9 Å². The van der Waals surface area contributed by atoms with Crippen LogP contribution < -0.4 is 19.9 Å². The second-order valence-corrected chi connectivity index (χ2v) is 7.22. The van der Waals surface area contributed by atoms with Gasteiger partial charge in [-0.15, -0.1) is 0 Å². The quantitative estimate of drug-likeness (QED) is 0.819. The molecule has 0 aromatic heterocycles. The van der Waals surface area contributed by atoms with Crippen molar-refractivity contribution < 1.29 is 17.9 Å². The van der Waals surface area contributed by atoms with Crippen LogP contribution in [0.4, 0.5) is 0 Å². The first-order valence-corrected chi connectivity index (χ1v) is 8.34. The summed E-state index contributed by atoms with van der Waals surface area (Å²) in [6.07, 6.45) is 1.31. The average molecular weight is 365 g/mol. The number of nitrogens with one attached hydrogen (secondary N) is 1. The van der Waals surface area contributed by atoms with E-state index in [4.69, 9.17) is 15.2 Å². The molecule has 1 aromatic rings. The van der Waals surface area contributed by atoms with Crippen molar-refractivity contribution in [2.75, 3.05) is 14.2 Å². The van der Waals surface area contributed by atoms with Crippen LogP contribution in [0.25, 0.3) is 0 Å². The highest BCUT2D eigenvalue weighted by Crippen LogP contribution is 2.35. The smallest absolute Gasteiger partial charge is 0.242 e. The van der Waals surface area contributed by atoms with E-state index in [0.29, 0.717) is 28.8 Å². The van der Waals surface area contributed by atoms with Crippen molar-refractivity contribution >= 4 is 26.0 Å². The van der Waals surface area contributed by atoms with E-state index in [2.05, 4.69) is 20.7 Å². The minimum Gasteiger partial charge on any atom is -0.493 e. The van der Waals surface area contributed by atoms with E-state index >= 15 is 0 Å². The summed E-state index contributed by atoms with van der Waals surface area (Å²) in [5, 5.41) is 0. The SMILES string of the molecule is COc1cc(Br)c(S(=O)(=O)NC2CC(N)C2)cc1OC. The number of sulfonamides is 1. The Labute approximate surface area is 126 Å². The third kappa shape index (κ3) is 3.08. The molecule has 1 aromatic carbocycles. The van der Waals surface area contributed by atoms with Gasteiger partial charge in [-0.05, 0) is 34.8 Å². The van der Waals surface area contributed by atoms with Gasteiger partial charge < -0.3 is 15.2 Å². The molecule has 0 aliphatic heterocycles. The van der Waals surface area contributed by atoms with Gasteiger partial charge in [0.15, 0.2) is 11.5 Å². The number of hydrogen-bond donors (Lipinski definition) is 2. The Kier molecular flexibility index (Phi) is 4.58. The molecule has 0 heterocycles. The number of methoxy groups -OCH3 is 2. The number of nitrogens with two attached hydrogens (primary N) is 1. The highest BCUT2D eigenvalue weighted by Gasteiger charge is 2.31. The summed E-state index contributed by atoms with van der Waals surface area (Å²) in [6, 6.07) is 2.98. The molecule has 0 bridgehead atoms. The summed E-state index contributed by atoms with van der Waals surface area (Å²) in [5.41, 5.74) is 5.66. The molecule has 1 saturated carbocycles. The lowest BCUT2D eigenvalue weighted by Gasteiger charge is -2.32. The molecule has 0 saturated heterocycles. The van der Waals surface area contributed by atoms with Gasteiger partial charge in [0.05, 0.1) is 14.2 Å². The topological polar surface area (TPSA) is 90.7 Å². The van der Waals surface area contributed by atoms with Crippen LogP contribution in [0.1, 0.15) is 12.8 Å². The van der Waals surface area contributed by atoms with Gasteiger partial charge >= 0.3 is 0 Å². The van der Waals surface area contributed by atoms with Gasteiger partial charge in [-0.2, -0.15) is 0 Å². The van der Waals surface area contributed by atoms with E-state index in [9.17, 15) is 8.42 Å². The lowest BCUT2D eigenvalue weighted by molar-refractivity contribution is 0.326. The maximum atomic E-state index is 12.4. The normalized spacial score (nSPS) is 22.2. The van der Waals surface area contributed by atoms with E-state index < -0.39 is 10.0 Å². The average Bonchev–Trinajstić information content (AvgIpc) is 2.35. The highest BCUT2D eigenvalue weighted by atomic mass is 79.9. The van der Waals surface area contributed by atoms with Crippen molar-refractivity contribution in [1.29, 1.82) is 0 Å². The van der Waals surface area contributed by atoms with Crippen LogP contribution in [0.5, 0.6) is 11.5 Å². The molecule has 0 amide bonds. The summed E-state index contributed by atoms with van der Waals surface area (Å²) in [7, 11) is -0.669. The molecular weight excluding hydrogens is 348 g/mol. The maximum Gasteiger partial charge on any atom is 0.242 e. The first kappa shape index (κ1) is 15.6. The van der Waals surface area contributed by atoms with Crippen LogP contribution in [-0.2, 0) is 10.0 Å². The van der Waals surface area contributed by atoms with Crippen LogP contribution in [0.3, 0.4) is 0 Å². The first-order valence-electron chi connectivity index (χ1n) is 6.07. The van der Waals surface area contributed by atoms with Crippen molar-refractivity contribution in [2.45, 2.75) is 29.8 Å². The zero-order valence-electron chi connectivity index (χ0n) is 11.2. The van der Waals surface area contributed by atoms with Crippen molar-refractivity contribution in [3.63, 3.8) is 0 Å². The van der Waals surface area contributed by atoms with E-state index in [1.165, 1.54) is 20.3 Å². The molecule has 1 fully saturated rings. The molecule has 1 aliphatic rings. The van der Waals surface area contributed by atoms with Gasteiger partial charge in [0.1, 0.15) is 4.90 Å². The highest BCUT2D eigenvalue weighted by molar-refractivity contribution is 9.10. The molecule has 0 atom stereocenters. The van der Waals surface area contributed by atoms with Gasteiger partial charge in [0.2, 0.25) is 10.0 Å². The molecule has 0 spiro atoms. The zero-order chi connectivity index (χ0) is 14.9. The molecule has 3 N–H and O–H groups in total. The first-order chi connectivity index (χ1) is 9.37. The fourth-order valence-electron chi connectivity index (χ4n) is 2.08. The Bertz CT molecular complexity index is 600. The van der Waals surface area contributed by atoms with Crippen molar-refractivity contribution in [3.8, 4) is 11.5 Å². The second kappa shape index (κ2) is 5.88. The Hall–Kier alpha value is -0.830. The minimum absolute atomic E-state index is 0.0801. The lowest BCUT2D eigenvalue weighted by Crippen LogP contribution is -2.50. The van der Waals surface area contributed by atoms with Gasteiger partial charge in [-0.1, -0.05) is 0 Å². The Balaban J connectivity index is 2.31. The van der Waals surface area contributed by atoms with Crippen molar-refractivity contribution in [1.82, 2.24) is 4.72 Å². The summed E-state index contributed by atoms with van der Waals surface area (Å²) in [5.74, 6) is 0.824. The largest absolute Gasteiger partial charge is 0.493 e. The van der Waals surface area contributed by atoms with Crippen molar-refractivity contribution in [3.05, 3.63) is 16.6 Å². The van der Waals surface area contributed by atoms with Crippen LogP contribution in [0.2, 0.25) is 0 Å². The molecule has 112 valence electrons. The van der Waals surface area contributed by atoms with Gasteiger partial charge in [0.25, 0.3) is 0 Å². The molecule has 20 heavy (non-hydrogen) atoms. The van der Waals surface area contributed by atoms with Crippen LogP contribution in [0.15, 0.2) is 21.5 Å². The molecule has 6 nitrogen and oxygen atoms in total. The monoisotopic (exact) mass is 364 g/mol. The molecular formula is C12H17BrN2O4S. The molecule has 0 unspecified atom stereocenters. The molecule has 2 rings (SSSR count). The molecule has 1 aliphatic carbocycles. The Morgan fingerprint density at radius 3 is 2.30 bits per heavy atom. The van der Waals surface area contributed by atoms with Gasteiger partial charge in [0, 0.05) is 22.6 Å². The van der Waals surface area contributed by atoms with E-state index in [-0.39, 0.29) is 17.0 Å². The summed E-state index contributed by atoms with van der Waals surface area (Å²) in [6.45, 7) is 0. The zero-order valence-corrected chi connectivity index (χ0v) is 13.6. The third-order valence-corrected chi connectivity index (χ3v) is 5.70. The summed E-state index contributed by atoms with van der Waals surface area (Å²) < 4.78 is 38.0. The second-order valence-electron chi connectivity index (χ2n) is 4.69. The van der Waals surface area contributed by atoms with Crippen LogP contribution in [0, 0.1) is 0 Å². The number of benzene rings is 1. The fraction of sp³-hybridized carbons (Fsp3) is 0.500. The number of ether oxygens (including phenoxy) is 2. The predicted molar refractivity (Wildman–Crippen MR) is 78.6 cm³/mol. The van der Waals surface area contributed by atoms with E-state index in [0.717, 1.165) is 0 Å². The minimum atomic E-state index is -3.62. The number of halogens is 1. The molecule has 0 radical (unpaired) electrons. The number of rotatable bonds is 5. The fourth-order valence-corrected chi connectivity index (χ4v) is 4.38. The maximum absolute atomic E-state index is 12.4. The van der Waals surface area contributed by atoms with Gasteiger partial charge in [-0.25, -0.2) is 13.1 Å². The summed E-state index contributed by atoms with van der Waals surface area (Å²) in [4.78, 5) is 0.121. The lowest BCUT2D eigenvalue weighted by atomic mass is 9.89.